The van der Waals surface area contributed by atoms with Gasteiger partial charge in [0.15, 0.2) is 0 Å². The van der Waals surface area contributed by atoms with Crippen LogP contribution in [-0.4, -0.2) is 7.57 Å². The van der Waals surface area contributed by atoms with Crippen molar-refractivity contribution in [2.24, 2.45) is 0 Å². The zero-order chi connectivity index (χ0) is 23.7. The minimum Gasteiger partial charge on any atom is -0.291 e. The molecule has 3 aromatic carbocycles. The molecule has 3 rings (SSSR count). The quantitative estimate of drug-likeness (QED) is 0.247. The fourth-order valence-electron chi connectivity index (χ4n) is 4.01. The van der Waals surface area contributed by atoms with E-state index in [-0.39, 0.29) is 10.8 Å². The Labute approximate surface area is 207 Å². The third kappa shape index (κ3) is 5.62. The Kier molecular flexibility index (Phi) is 7.90. The normalized spacial score (nSPS) is 12.9. The maximum absolute atomic E-state index is 7.39. The molecule has 0 aliphatic carbocycles. The molecule has 0 nitrogen and oxygen atoms in total. The summed E-state index contributed by atoms with van der Waals surface area (Å²) >= 11 is 13.4. The van der Waals surface area contributed by atoms with Crippen LogP contribution in [0, 0.1) is 0 Å². The van der Waals surface area contributed by atoms with Gasteiger partial charge in [-0.3, -0.25) is 7.57 Å². The lowest BCUT2D eigenvalue weighted by Crippen LogP contribution is -2.29. The van der Waals surface area contributed by atoms with Crippen LogP contribution in [0.5, 0.6) is 0 Å². The first-order valence-electron chi connectivity index (χ1n) is 10.9. The van der Waals surface area contributed by atoms with Gasteiger partial charge in [0, 0.05) is 22.1 Å². The molecule has 32 heavy (non-hydrogen) atoms. The van der Waals surface area contributed by atoms with Crippen molar-refractivity contribution in [1.82, 2.24) is 0 Å². The zero-order valence-corrected chi connectivity index (χ0v) is 23.2. The van der Waals surface area contributed by atoms with Gasteiger partial charge < -0.3 is 0 Å². The molecule has 0 aliphatic rings. The van der Waals surface area contributed by atoms with Crippen LogP contribution in [-0.2, 0) is 17.0 Å². The van der Waals surface area contributed by atoms with Gasteiger partial charge in [0.25, 0.3) is 0 Å². The van der Waals surface area contributed by atoms with Crippen molar-refractivity contribution in [3.63, 3.8) is 0 Å². The highest BCUT2D eigenvalue weighted by atomic mass is 35.9. The summed E-state index contributed by atoms with van der Waals surface area (Å²) < 4.78 is 0. The minimum absolute atomic E-state index is 0.00383. The lowest BCUT2D eigenvalue weighted by molar-refractivity contribution is 0.570. The monoisotopic (exact) mass is 499 g/mol. The van der Waals surface area contributed by atoms with Crippen molar-refractivity contribution >= 4 is 59.7 Å². The number of halogens is 2. The van der Waals surface area contributed by atoms with Crippen molar-refractivity contribution in [2.45, 2.75) is 58.5 Å². The molecule has 0 aliphatic heterocycles. The van der Waals surface area contributed by atoms with Gasteiger partial charge in [-0.15, -0.1) is 0 Å². The predicted octanol–water partition coefficient (Wildman–Crippen LogP) is 7.95. The van der Waals surface area contributed by atoms with Crippen LogP contribution in [0.2, 0.25) is 0 Å². The van der Waals surface area contributed by atoms with Crippen LogP contribution in [0.4, 0.5) is 0 Å². The first-order chi connectivity index (χ1) is 14.8. The molecule has 0 fully saturated rings. The summed E-state index contributed by atoms with van der Waals surface area (Å²) in [4.78, 5) is 0. The topological polar surface area (TPSA) is 0 Å². The van der Waals surface area contributed by atoms with E-state index in [9.17, 15) is 0 Å². The summed E-state index contributed by atoms with van der Waals surface area (Å²) in [6.07, 6.45) is 0.724. The lowest BCUT2D eigenvalue weighted by Gasteiger charge is -2.39. The Balaban J connectivity index is 2.31. The van der Waals surface area contributed by atoms with Gasteiger partial charge in [0.1, 0.15) is 6.63 Å². The summed E-state index contributed by atoms with van der Waals surface area (Å²) in [5.41, 5.74) is 3.62. The lowest BCUT2D eigenvalue weighted by atomic mass is 9.79. The van der Waals surface area contributed by atoms with Crippen LogP contribution in [0.3, 0.4) is 0 Å². The molecule has 5 heteroatoms. The fraction of sp³-hybridized carbons (Fsp3) is 0.333. The van der Waals surface area contributed by atoms with Gasteiger partial charge in [-0.05, 0) is 51.8 Å². The van der Waals surface area contributed by atoms with E-state index in [1.54, 1.807) is 0 Å². The minimum atomic E-state index is -2.21. The van der Waals surface area contributed by atoms with Gasteiger partial charge in [-0.2, -0.15) is 7.14 Å². The average Bonchev–Trinajstić information content (AvgIpc) is 2.73. The van der Waals surface area contributed by atoms with Crippen molar-refractivity contribution in [3.8, 4) is 0 Å². The first-order valence-corrected chi connectivity index (χ1v) is 16.1. The summed E-state index contributed by atoms with van der Waals surface area (Å²) in [5, 5.41) is 3.44. The first kappa shape index (κ1) is 25.8. The third-order valence-electron chi connectivity index (χ3n) is 5.89. The molecule has 3 aromatic rings. The van der Waals surface area contributed by atoms with Crippen LogP contribution in [0.1, 0.15) is 58.2 Å². The van der Waals surface area contributed by atoms with Gasteiger partial charge in [0.2, 0.25) is 0 Å². The van der Waals surface area contributed by atoms with E-state index >= 15 is 0 Å². The fourth-order valence-corrected chi connectivity index (χ4v) is 9.13. The van der Waals surface area contributed by atoms with E-state index in [1.165, 1.54) is 27.3 Å². The average molecular weight is 500 g/mol. The molecule has 167 valence electrons. The number of hydrogen-bond donors (Lipinski definition) is 0. The molecule has 0 atom stereocenters. The Morgan fingerprint density at radius 2 is 1.22 bits per heavy atom. The molecule has 0 unspecified atom stereocenters. The summed E-state index contributed by atoms with van der Waals surface area (Å²) in [7, 11) is 5.18. The maximum atomic E-state index is 7.39. The third-order valence-corrected chi connectivity index (χ3v) is 11.0. The molecular weight excluding hydrogens is 468 g/mol. The Morgan fingerprint density at radius 1 is 0.750 bits per heavy atom. The van der Waals surface area contributed by atoms with Gasteiger partial charge >= 0.3 is 0 Å². The van der Waals surface area contributed by atoms with Gasteiger partial charge in [-0.25, -0.2) is 0 Å². The van der Waals surface area contributed by atoms with Gasteiger partial charge in [0.05, 0.1) is 0 Å². The molecule has 0 aromatic heterocycles. The van der Waals surface area contributed by atoms with E-state index in [1.807, 2.05) is 12.1 Å². The maximum Gasteiger partial charge on any atom is 0.117 e. The van der Waals surface area contributed by atoms with Crippen molar-refractivity contribution < 1.29 is 0 Å². The molecule has 0 amide bonds. The SMILES string of the molecule is [B-][P+](Cc1cc(C(C)(C)C)cc(C(C)(C)C)c1P(Cl)Cl)(c1ccccc1)c1ccccc1. The van der Waals surface area contributed by atoms with E-state index in [0.29, 0.717) is 0 Å². The van der Waals surface area contributed by atoms with Crippen molar-refractivity contribution in [3.05, 3.63) is 89.5 Å². The number of hydrogen-bond acceptors (Lipinski definition) is 0. The molecule has 0 saturated carbocycles. The van der Waals surface area contributed by atoms with Crippen molar-refractivity contribution in [2.75, 3.05) is 0 Å². The summed E-state index contributed by atoms with van der Waals surface area (Å²) in [6.45, 7) is 12.1. The summed E-state index contributed by atoms with van der Waals surface area (Å²) in [5.74, 6) is 0. The number of rotatable bonds is 5. The van der Waals surface area contributed by atoms with Crippen LogP contribution in [0.25, 0.3) is 0 Å². The second-order valence-electron chi connectivity index (χ2n) is 10.5. The van der Waals surface area contributed by atoms with Crippen molar-refractivity contribution in [1.29, 1.82) is 0 Å². The largest absolute Gasteiger partial charge is 0.291 e. The highest BCUT2D eigenvalue weighted by Gasteiger charge is 2.32. The predicted molar refractivity (Wildman–Crippen MR) is 151 cm³/mol. The molecule has 3 radical (unpaired) electrons. The van der Waals surface area contributed by atoms with E-state index in [2.05, 4.69) is 102 Å². The zero-order valence-electron chi connectivity index (χ0n) is 19.9. The molecule has 0 saturated heterocycles. The van der Waals surface area contributed by atoms with Crippen LogP contribution in [0.15, 0.2) is 72.8 Å². The molecular formula is C27H32BCl2P2. The van der Waals surface area contributed by atoms with Crippen LogP contribution < -0.4 is 15.9 Å². The number of benzene rings is 3. The highest BCUT2D eigenvalue weighted by molar-refractivity contribution is 8.09. The molecule has 0 N–H and O–H groups in total. The second kappa shape index (κ2) is 9.80. The smallest absolute Gasteiger partial charge is 0.117 e. The van der Waals surface area contributed by atoms with E-state index < -0.39 is 13.8 Å². The summed E-state index contributed by atoms with van der Waals surface area (Å²) in [6, 6.07) is 25.6. The highest BCUT2D eigenvalue weighted by Crippen LogP contribution is 2.57. The van der Waals surface area contributed by atoms with Gasteiger partial charge in [-0.1, -0.05) is 113 Å². The Morgan fingerprint density at radius 3 is 1.59 bits per heavy atom. The Bertz CT molecular complexity index is 1010. The molecule has 0 bridgehead atoms. The molecule has 0 heterocycles. The van der Waals surface area contributed by atoms with E-state index in [0.717, 1.165) is 11.5 Å². The van der Waals surface area contributed by atoms with Crippen LogP contribution >= 0.6 is 36.2 Å². The second-order valence-corrected chi connectivity index (χ2v) is 17.0. The van der Waals surface area contributed by atoms with E-state index in [4.69, 9.17) is 30.0 Å². The standard InChI is InChI=1S/C27H32BCl2P2/c1-26(2,3)21-17-20(25(31(29)30)24(18-21)27(4,5)6)19-32(28,22-13-9-7-10-14-22)23-15-11-8-12-16-23/h7-18H,19H2,1-6H3. The Hall–Kier alpha value is -0.835. The molecule has 0 spiro atoms.